The third-order valence-corrected chi connectivity index (χ3v) is 3.94. The third-order valence-electron chi connectivity index (χ3n) is 3.64. The topological polar surface area (TPSA) is 98.9 Å². The third kappa shape index (κ3) is 4.23. The number of anilines is 1. The van der Waals surface area contributed by atoms with Crippen molar-refractivity contribution in [1.82, 2.24) is 10.2 Å². The minimum atomic E-state index is -1.05. The highest BCUT2D eigenvalue weighted by molar-refractivity contribution is 6.33. The molecule has 1 fully saturated rings. The Balaban J connectivity index is 1.97. The molecule has 1 aromatic rings. The van der Waals surface area contributed by atoms with Crippen LogP contribution < -0.4 is 16.0 Å². The Morgan fingerprint density at radius 2 is 2.00 bits per heavy atom. The van der Waals surface area contributed by atoms with Crippen molar-refractivity contribution in [1.29, 1.82) is 0 Å². The van der Waals surface area contributed by atoms with Crippen LogP contribution in [0.1, 0.15) is 0 Å². The molecule has 0 saturated carbocycles. The summed E-state index contributed by atoms with van der Waals surface area (Å²) < 4.78 is 13.1. The first-order valence-corrected chi connectivity index (χ1v) is 7.45. The number of benzene rings is 1. The molecule has 1 aliphatic rings. The number of nitrogens with one attached hydrogen (secondary N) is 1. The van der Waals surface area contributed by atoms with Crippen LogP contribution in [0.5, 0.6) is 0 Å². The number of urea groups is 1. The van der Waals surface area contributed by atoms with Crippen LogP contribution in [0.15, 0.2) is 18.2 Å². The Morgan fingerprint density at radius 3 is 2.52 bits per heavy atom. The second-order valence-corrected chi connectivity index (χ2v) is 5.56. The molecule has 1 saturated heterocycles. The van der Waals surface area contributed by atoms with Gasteiger partial charge in [-0.05, 0) is 18.2 Å². The van der Waals surface area contributed by atoms with Crippen LogP contribution in [-0.4, -0.2) is 60.8 Å². The van der Waals surface area contributed by atoms with Gasteiger partial charge in [0.05, 0.1) is 17.3 Å². The van der Waals surface area contributed by atoms with Gasteiger partial charge in [-0.25, -0.2) is 9.18 Å². The molecule has 4 N–H and O–H groups in total. The highest BCUT2D eigenvalue weighted by Crippen LogP contribution is 2.27. The van der Waals surface area contributed by atoms with Crippen LogP contribution in [0.3, 0.4) is 0 Å². The zero-order chi connectivity index (χ0) is 17.0. The number of amides is 3. The number of rotatable bonds is 4. The van der Waals surface area contributed by atoms with E-state index in [2.05, 4.69) is 5.32 Å². The molecule has 1 aliphatic heterocycles. The molecule has 9 heteroatoms. The van der Waals surface area contributed by atoms with E-state index >= 15 is 0 Å². The molecular weight excluding hydrogens is 327 g/mol. The standard InChI is InChI=1S/C14H18ClFN4O3/c15-10-7-9(16)1-2-12(10)19-3-5-20(6-4-19)13(22)11(8-21)18-14(17)23/h1-2,7,11,21H,3-6,8H2,(H3,17,18,23). The van der Waals surface area contributed by atoms with E-state index in [4.69, 9.17) is 17.3 Å². The SMILES string of the molecule is NC(=O)NC(CO)C(=O)N1CCN(c2ccc(F)cc2Cl)CC1. The number of aliphatic hydroxyl groups excluding tert-OH is 1. The minimum absolute atomic E-state index is 0.313. The lowest BCUT2D eigenvalue weighted by Gasteiger charge is -2.37. The predicted molar refractivity (Wildman–Crippen MR) is 83.8 cm³/mol. The van der Waals surface area contributed by atoms with Gasteiger partial charge in [0, 0.05) is 26.2 Å². The molecule has 3 amide bonds. The van der Waals surface area contributed by atoms with Crippen molar-refractivity contribution in [3.05, 3.63) is 29.0 Å². The second kappa shape index (κ2) is 7.47. The van der Waals surface area contributed by atoms with E-state index in [9.17, 15) is 19.1 Å². The van der Waals surface area contributed by atoms with Crippen molar-refractivity contribution in [3.63, 3.8) is 0 Å². The van der Waals surface area contributed by atoms with E-state index in [1.54, 1.807) is 6.07 Å². The summed E-state index contributed by atoms with van der Waals surface area (Å²) in [6.45, 7) is 1.27. The Labute approximate surface area is 137 Å². The maximum Gasteiger partial charge on any atom is 0.312 e. The fourth-order valence-corrected chi connectivity index (χ4v) is 2.77. The van der Waals surface area contributed by atoms with Gasteiger partial charge in [-0.1, -0.05) is 11.6 Å². The van der Waals surface area contributed by atoms with Crippen LogP contribution in [-0.2, 0) is 4.79 Å². The molecule has 0 aromatic heterocycles. The fraction of sp³-hybridized carbons (Fsp3) is 0.429. The first kappa shape index (κ1) is 17.3. The van der Waals surface area contributed by atoms with Crippen LogP contribution in [0.25, 0.3) is 0 Å². The van der Waals surface area contributed by atoms with Gasteiger partial charge >= 0.3 is 6.03 Å². The summed E-state index contributed by atoms with van der Waals surface area (Å²) in [6, 6.07) is 2.26. The molecule has 1 heterocycles. The lowest BCUT2D eigenvalue weighted by atomic mass is 10.2. The average molecular weight is 345 g/mol. The highest BCUT2D eigenvalue weighted by Gasteiger charge is 2.28. The van der Waals surface area contributed by atoms with Crippen LogP contribution >= 0.6 is 11.6 Å². The quantitative estimate of drug-likeness (QED) is 0.724. The van der Waals surface area contributed by atoms with Gasteiger partial charge in [-0.2, -0.15) is 0 Å². The molecule has 0 bridgehead atoms. The first-order valence-electron chi connectivity index (χ1n) is 7.08. The summed E-state index contributed by atoms with van der Waals surface area (Å²) in [7, 11) is 0. The van der Waals surface area contributed by atoms with Crippen molar-refractivity contribution < 1.29 is 19.1 Å². The largest absolute Gasteiger partial charge is 0.394 e. The molecule has 1 atom stereocenters. The van der Waals surface area contributed by atoms with Crippen molar-refractivity contribution in [2.24, 2.45) is 5.73 Å². The number of nitrogens with zero attached hydrogens (tertiary/aromatic N) is 2. The molecular formula is C14H18ClFN4O3. The number of aliphatic hydroxyl groups is 1. The zero-order valence-electron chi connectivity index (χ0n) is 12.3. The summed E-state index contributed by atoms with van der Waals surface area (Å²) in [4.78, 5) is 26.5. The molecule has 0 radical (unpaired) electrons. The van der Waals surface area contributed by atoms with Gasteiger partial charge in [-0.3, -0.25) is 4.79 Å². The maximum absolute atomic E-state index is 13.1. The van der Waals surface area contributed by atoms with E-state index < -0.39 is 30.4 Å². The van der Waals surface area contributed by atoms with Gasteiger partial charge < -0.3 is 26.0 Å². The van der Waals surface area contributed by atoms with Crippen LogP contribution in [0.2, 0.25) is 5.02 Å². The number of carbonyl (C=O) groups excluding carboxylic acids is 2. The predicted octanol–water partition coefficient (Wildman–Crippen LogP) is 0.157. The Kier molecular flexibility index (Phi) is 5.62. The van der Waals surface area contributed by atoms with E-state index in [1.807, 2.05) is 4.90 Å². The summed E-state index contributed by atoms with van der Waals surface area (Å²) in [5.41, 5.74) is 5.68. The summed E-state index contributed by atoms with van der Waals surface area (Å²) >= 11 is 6.04. The van der Waals surface area contributed by atoms with Crippen molar-refractivity contribution in [3.8, 4) is 0 Å². The Morgan fingerprint density at radius 1 is 1.35 bits per heavy atom. The summed E-state index contributed by atoms with van der Waals surface area (Å²) in [6.07, 6.45) is 0. The van der Waals surface area contributed by atoms with Crippen molar-refractivity contribution in [2.75, 3.05) is 37.7 Å². The number of nitrogens with two attached hydrogens (primary N) is 1. The van der Waals surface area contributed by atoms with Crippen LogP contribution in [0.4, 0.5) is 14.9 Å². The lowest BCUT2D eigenvalue weighted by molar-refractivity contribution is -0.134. The van der Waals surface area contributed by atoms with Gasteiger partial charge in [0.25, 0.3) is 0 Å². The van der Waals surface area contributed by atoms with E-state index in [-0.39, 0.29) is 0 Å². The Bertz CT molecular complexity index is 593. The molecule has 1 aromatic carbocycles. The van der Waals surface area contributed by atoms with Gasteiger partial charge in [0.2, 0.25) is 5.91 Å². The van der Waals surface area contributed by atoms with Gasteiger partial charge in [-0.15, -0.1) is 0 Å². The maximum atomic E-state index is 13.1. The smallest absolute Gasteiger partial charge is 0.312 e. The highest BCUT2D eigenvalue weighted by atomic mass is 35.5. The average Bonchev–Trinajstić information content (AvgIpc) is 2.52. The molecule has 0 spiro atoms. The Hall–Kier alpha value is -2.06. The first-order chi connectivity index (χ1) is 10.9. The lowest BCUT2D eigenvalue weighted by Crippen LogP contribution is -2.56. The van der Waals surface area contributed by atoms with E-state index in [1.165, 1.54) is 17.0 Å². The number of hydrogen-bond acceptors (Lipinski definition) is 4. The van der Waals surface area contributed by atoms with Crippen molar-refractivity contribution >= 4 is 29.2 Å². The second-order valence-electron chi connectivity index (χ2n) is 5.15. The van der Waals surface area contributed by atoms with E-state index in [0.717, 1.165) is 0 Å². The van der Waals surface area contributed by atoms with Crippen LogP contribution in [0, 0.1) is 5.82 Å². The van der Waals surface area contributed by atoms with Crippen molar-refractivity contribution in [2.45, 2.75) is 6.04 Å². The molecule has 23 heavy (non-hydrogen) atoms. The molecule has 2 rings (SSSR count). The molecule has 7 nitrogen and oxygen atoms in total. The van der Waals surface area contributed by atoms with Gasteiger partial charge in [0.1, 0.15) is 11.9 Å². The normalized spacial score (nSPS) is 16.1. The van der Waals surface area contributed by atoms with E-state index in [0.29, 0.717) is 36.9 Å². The molecule has 126 valence electrons. The number of carbonyl (C=O) groups is 2. The summed E-state index contributed by atoms with van der Waals surface area (Å²) in [5.74, 6) is -0.799. The number of primary amides is 1. The zero-order valence-corrected chi connectivity index (χ0v) is 13.1. The summed E-state index contributed by atoms with van der Waals surface area (Å²) in [5, 5.41) is 11.7. The number of hydrogen-bond donors (Lipinski definition) is 3. The monoisotopic (exact) mass is 344 g/mol. The molecule has 1 unspecified atom stereocenters. The minimum Gasteiger partial charge on any atom is -0.394 e. The van der Waals surface area contributed by atoms with Gasteiger partial charge in [0.15, 0.2) is 0 Å². The molecule has 0 aliphatic carbocycles. The number of halogens is 2. The fourth-order valence-electron chi connectivity index (χ4n) is 2.48. The number of piperazine rings is 1.